The Balaban J connectivity index is 2.54. The zero-order chi connectivity index (χ0) is 15.8. The molecule has 116 valence electrons. The standard InChI is InChI=1S/C15H21NO5/c1-11(2)6-7-20-8-9-21-15-5-4-13(16(18)19)10-14(15)12(3)17/h4-5,10-11H,6-9H2,1-3H3. The van der Waals surface area contributed by atoms with Crippen LogP contribution in [-0.2, 0) is 4.74 Å². The van der Waals surface area contributed by atoms with Crippen LogP contribution in [0.1, 0.15) is 37.6 Å². The second kappa shape index (κ2) is 8.36. The summed E-state index contributed by atoms with van der Waals surface area (Å²) in [7, 11) is 0. The third kappa shape index (κ3) is 5.91. The van der Waals surface area contributed by atoms with E-state index in [4.69, 9.17) is 9.47 Å². The Morgan fingerprint density at radius 3 is 2.57 bits per heavy atom. The average Bonchev–Trinajstić information content (AvgIpc) is 2.42. The molecule has 0 radical (unpaired) electrons. The molecule has 6 nitrogen and oxygen atoms in total. The highest BCUT2D eigenvalue weighted by Gasteiger charge is 2.14. The van der Waals surface area contributed by atoms with Gasteiger partial charge in [0.1, 0.15) is 12.4 Å². The van der Waals surface area contributed by atoms with Gasteiger partial charge in [-0.05, 0) is 25.3 Å². The average molecular weight is 295 g/mol. The number of carbonyl (C=O) groups is 1. The van der Waals surface area contributed by atoms with Crippen molar-refractivity contribution in [2.45, 2.75) is 27.2 Å². The van der Waals surface area contributed by atoms with Crippen molar-refractivity contribution in [3.8, 4) is 5.75 Å². The number of ether oxygens (including phenoxy) is 2. The van der Waals surface area contributed by atoms with Crippen molar-refractivity contribution in [1.82, 2.24) is 0 Å². The molecule has 0 spiro atoms. The Morgan fingerprint density at radius 2 is 2.00 bits per heavy atom. The summed E-state index contributed by atoms with van der Waals surface area (Å²) >= 11 is 0. The Kier molecular flexibility index (Phi) is 6.81. The SMILES string of the molecule is CC(=O)c1cc([N+](=O)[O-])ccc1OCCOCCC(C)C. The lowest BCUT2D eigenvalue weighted by Crippen LogP contribution is -2.10. The summed E-state index contributed by atoms with van der Waals surface area (Å²) in [6.07, 6.45) is 0.982. The third-order valence-corrected chi connectivity index (χ3v) is 2.88. The van der Waals surface area contributed by atoms with Gasteiger partial charge in [0.25, 0.3) is 5.69 Å². The van der Waals surface area contributed by atoms with Crippen LogP contribution in [0.15, 0.2) is 18.2 Å². The molecule has 0 saturated carbocycles. The molecule has 0 bridgehead atoms. The topological polar surface area (TPSA) is 78.7 Å². The quantitative estimate of drug-likeness (QED) is 0.302. The zero-order valence-corrected chi connectivity index (χ0v) is 12.6. The number of nitro benzene ring substituents is 1. The molecule has 0 aliphatic rings. The molecule has 1 aromatic carbocycles. The molecule has 0 saturated heterocycles. The summed E-state index contributed by atoms with van der Waals surface area (Å²) in [6.45, 7) is 6.98. The predicted octanol–water partition coefficient (Wildman–Crippen LogP) is 3.24. The molecular weight excluding hydrogens is 274 g/mol. The fourth-order valence-corrected chi connectivity index (χ4v) is 1.66. The van der Waals surface area contributed by atoms with E-state index in [1.54, 1.807) is 0 Å². The maximum absolute atomic E-state index is 11.5. The first kappa shape index (κ1) is 17.1. The van der Waals surface area contributed by atoms with Crippen molar-refractivity contribution in [2.75, 3.05) is 19.8 Å². The van der Waals surface area contributed by atoms with Gasteiger partial charge in [-0.2, -0.15) is 0 Å². The molecule has 0 aromatic heterocycles. The number of benzene rings is 1. The number of rotatable bonds is 9. The summed E-state index contributed by atoms with van der Waals surface area (Å²) in [6, 6.07) is 4.00. The molecule has 0 amide bonds. The van der Waals surface area contributed by atoms with Crippen LogP contribution in [-0.4, -0.2) is 30.5 Å². The van der Waals surface area contributed by atoms with E-state index in [9.17, 15) is 14.9 Å². The Hall–Kier alpha value is -1.95. The second-order valence-electron chi connectivity index (χ2n) is 5.14. The van der Waals surface area contributed by atoms with Crippen LogP contribution in [0.3, 0.4) is 0 Å². The molecule has 0 atom stereocenters. The second-order valence-corrected chi connectivity index (χ2v) is 5.14. The van der Waals surface area contributed by atoms with Crippen molar-refractivity contribution in [3.63, 3.8) is 0 Å². The summed E-state index contributed by atoms with van der Waals surface area (Å²) < 4.78 is 10.9. The van der Waals surface area contributed by atoms with Crippen LogP contribution in [0, 0.1) is 16.0 Å². The molecule has 21 heavy (non-hydrogen) atoms. The number of non-ortho nitro benzene ring substituents is 1. The van der Waals surface area contributed by atoms with Crippen LogP contribution in [0.5, 0.6) is 5.75 Å². The van der Waals surface area contributed by atoms with Crippen LogP contribution < -0.4 is 4.74 Å². The van der Waals surface area contributed by atoms with E-state index in [2.05, 4.69) is 13.8 Å². The van der Waals surface area contributed by atoms with E-state index in [0.29, 0.717) is 31.5 Å². The number of Topliss-reactive ketones (excluding diaryl/α,β-unsaturated/α-hetero) is 1. The van der Waals surface area contributed by atoms with Crippen LogP contribution in [0.2, 0.25) is 0 Å². The first-order valence-corrected chi connectivity index (χ1v) is 6.91. The van der Waals surface area contributed by atoms with Gasteiger partial charge in [0.2, 0.25) is 0 Å². The lowest BCUT2D eigenvalue weighted by Gasteiger charge is -2.10. The largest absolute Gasteiger partial charge is 0.490 e. The Morgan fingerprint density at radius 1 is 1.29 bits per heavy atom. The molecule has 0 heterocycles. The van der Waals surface area contributed by atoms with Gasteiger partial charge in [-0.3, -0.25) is 14.9 Å². The first-order chi connectivity index (χ1) is 9.91. The van der Waals surface area contributed by atoms with Crippen molar-refractivity contribution in [2.24, 2.45) is 5.92 Å². The van der Waals surface area contributed by atoms with E-state index in [0.717, 1.165) is 6.42 Å². The number of nitrogens with zero attached hydrogens (tertiary/aromatic N) is 1. The van der Waals surface area contributed by atoms with Gasteiger partial charge in [0.05, 0.1) is 17.1 Å². The minimum atomic E-state index is -0.536. The molecule has 0 unspecified atom stereocenters. The third-order valence-electron chi connectivity index (χ3n) is 2.88. The number of carbonyl (C=O) groups excluding carboxylic acids is 1. The zero-order valence-electron chi connectivity index (χ0n) is 12.6. The molecule has 0 aliphatic carbocycles. The van der Waals surface area contributed by atoms with Gasteiger partial charge in [-0.15, -0.1) is 0 Å². The van der Waals surface area contributed by atoms with Crippen molar-refractivity contribution < 1.29 is 19.2 Å². The summed E-state index contributed by atoms with van der Waals surface area (Å²) in [5, 5.41) is 10.7. The highest BCUT2D eigenvalue weighted by molar-refractivity contribution is 5.97. The minimum absolute atomic E-state index is 0.124. The molecule has 1 aromatic rings. The van der Waals surface area contributed by atoms with Crippen molar-refractivity contribution >= 4 is 11.5 Å². The lowest BCUT2D eigenvalue weighted by molar-refractivity contribution is -0.384. The molecule has 1 rings (SSSR count). The van der Waals surface area contributed by atoms with Crippen molar-refractivity contribution in [1.29, 1.82) is 0 Å². The lowest BCUT2D eigenvalue weighted by atomic mass is 10.1. The van der Waals surface area contributed by atoms with Crippen LogP contribution in [0.25, 0.3) is 0 Å². The number of hydrogen-bond acceptors (Lipinski definition) is 5. The van der Waals surface area contributed by atoms with E-state index in [1.165, 1.54) is 25.1 Å². The van der Waals surface area contributed by atoms with Gasteiger partial charge in [0.15, 0.2) is 5.78 Å². The molecule has 0 aliphatic heterocycles. The van der Waals surface area contributed by atoms with Gasteiger partial charge < -0.3 is 9.47 Å². The van der Waals surface area contributed by atoms with E-state index in [1.807, 2.05) is 0 Å². The molecule has 6 heteroatoms. The normalized spacial score (nSPS) is 10.7. The fourth-order valence-electron chi connectivity index (χ4n) is 1.66. The van der Waals surface area contributed by atoms with Gasteiger partial charge in [0, 0.05) is 18.7 Å². The Bertz CT molecular complexity index is 499. The first-order valence-electron chi connectivity index (χ1n) is 6.91. The highest BCUT2D eigenvalue weighted by atomic mass is 16.6. The van der Waals surface area contributed by atoms with Gasteiger partial charge in [-0.1, -0.05) is 13.8 Å². The van der Waals surface area contributed by atoms with Gasteiger partial charge >= 0.3 is 0 Å². The van der Waals surface area contributed by atoms with E-state index in [-0.39, 0.29) is 17.0 Å². The maximum Gasteiger partial charge on any atom is 0.270 e. The number of hydrogen-bond donors (Lipinski definition) is 0. The van der Waals surface area contributed by atoms with Gasteiger partial charge in [-0.25, -0.2) is 0 Å². The molecule has 0 fully saturated rings. The minimum Gasteiger partial charge on any atom is -0.490 e. The predicted molar refractivity (Wildman–Crippen MR) is 78.9 cm³/mol. The monoisotopic (exact) mass is 295 g/mol. The number of nitro groups is 1. The smallest absolute Gasteiger partial charge is 0.270 e. The van der Waals surface area contributed by atoms with E-state index < -0.39 is 4.92 Å². The number of ketones is 1. The molecular formula is C15H21NO5. The fraction of sp³-hybridized carbons (Fsp3) is 0.533. The maximum atomic E-state index is 11.5. The van der Waals surface area contributed by atoms with Crippen LogP contribution in [0.4, 0.5) is 5.69 Å². The van der Waals surface area contributed by atoms with E-state index >= 15 is 0 Å². The summed E-state index contributed by atoms with van der Waals surface area (Å²) in [5.41, 5.74) is 0.0899. The van der Waals surface area contributed by atoms with Crippen LogP contribution >= 0.6 is 0 Å². The van der Waals surface area contributed by atoms with Crippen molar-refractivity contribution in [3.05, 3.63) is 33.9 Å². The highest BCUT2D eigenvalue weighted by Crippen LogP contribution is 2.24. The molecule has 0 N–H and O–H groups in total. The Labute approximate surface area is 124 Å². The summed E-state index contributed by atoms with van der Waals surface area (Å²) in [4.78, 5) is 21.7. The summed E-state index contributed by atoms with van der Waals surface area (Å²) in [5.74, 6) is 0.667.